The first-order valence-electron chi connectivity index (χ1n) is 9.27. The van der Waals surface area contributed by atoms with E-state index in [0.717, 1.165) is 38.3 Å². The summed E-state index contributed by atoms with van der Waals surface area (Å²) in [6, 6.07) is 25.6. The third-order valence-corrected chi connectivity index (χ3v) is 6.30. The number of pyridine rings is 1. The van der Waals surface area contributed by atoms with Gasteiger partial charge < -0.3 is 10.1 Å². The number of fused-ring (bicyclic) bond motifs is 1. The van der Waals surface area contributed by atoms with Gasteiger partial charge in [0.1, 0.15) is 4.88 Å². The van der Waals surface area contributed by atoms with Crippen molar-refractivity contribution in [1.29, 1.82) is 0 Å². The molecule has 30 heavy (non-hydrogen) atoms. The molecule has 0 spiro atoms. The molecular formula is C24H15ClN2O2S. The summed E-state index contributed by atoms with van der Waals surface area (Å²) in [4.78, 5) is 20.3. The standard InChI is InChI=1S/C24H15ClN2O2S/c25-17-12-18-19(13-20(26-18)21-10-11-22(30-21)24(28)29)27-23(17)16-8-6-15(7-9-16)14-4-2-1-3-5-14/h1-13,26H,(H,28,29). The van der Waals surface area contributed by atoms with Gasteiger partial charge in [0.15, 0.2) is 0 Å². The molecule has 0 aliphatic carbocycles. The molecule has 0 aliphatic heterocycles. The molecule has 3 heterocycles. The van der Waals surface area contributed by atoms with Crippen molar-refractivity contribution in [2.24, 2.45) is 0 Å². The summed E-state index contributed by atoms with van der Waals surface area (Å²) < 4.78 is 0. The second-order valence-electron chi connectivity index (χ2n) is 6.85. The number of aromatic carboxylic acids is 1. The molecule has 5 rings (SSSR count). The molecule has 0 radical (unpaired) electrons. The summed E-state index contributed by atoms with van der Waals surface area (Å²) in [5.41, 5.74) is 6.35. The van der Waals surface area contributed by atoms with Gasteiger partial charge in [0, 0.05) is 5.56 Å². The largest absolute Gasteiger partial charge is 0.477 e. The number of thiophene rings is 1. The van der Waals surface area contributed by atoms with Gasteiger partial charge in [-0.1, -0.05) is 66.2 Å². The van der Waals surface area contributed by atoms with Crippen LogP contribution in [0.15, 0.2) is 78.9 Å². The van der Waals surface area contributed by atoms with Crippen molar-refractivity contribution < 1.29 is 9.90 Å². The molecule has 0 atom stereocenters. The SMILES string of the molecule is O=C(O)c1ccc(-c2cc3nc(-c4ccc(-c5ccccc5)cc4)c(Cl)cc3[nH]2)s1. The van der Waals surface area contributed by atoms with Gasteiger partial charge in [0.2, 0.25) is 0 Å². The molecule has 0 aliphatic rings. The lowest BCUT2D eigenvalue weighted by Gasteiger charge is -2.06. The van der Waals surface area contributed by atoms with E-state index in [0.29, 0.717) is 15.6 Å². The molecule has 4 nitrogen and oxygen atoms in total. The summed E-state index contributed by atoms with van der Waals surface area (Å²) >= 11 is 7.76. The van der Waals surface area contributed by atoms with Crippen LogP contribution in [0.4, 0.5) is 0 Å². The number of rotatable bonds is 4. The molecule has 0 fully saturated rings. The summed E-state index contributed by atoms with van der Waals surface area (Å²) in [7, 11) is 0. The molecule has 5 aromatic rings. The van der Waals surface area contributed by atoms with Gasteiger partial charge in [0.05, 0.1) is 32.3 Å². The van der Waals surface area contributed by atoms with Crippen LogP contribution < -0.4 is 0 Å². The number of aromatic amines is 1. The number of nitrogens with zero attached hydrogens (tertiary/aromatic N) is 1. The van der Waals surface area contributed by atoms with Gasteiger partial charge >= 0.3 is 5.97 Å². The van der Waals surface area contributed by atoms with Gasteiger partial charge in [-0.3, -0.25) is 0 Å². The maximum atomic E-state index is 11.1. The molecule has 0 amide bonds. The smallest absolute Gasteiger partial charge is 0.345 e. The van der Waals surface area contributed by atoms with Crippen LogP contribution in [0.1, 0.15) is 9.67 Å². The van der Waals surface area contributed by atoms with Crippen LogP contribution in [0.2, 0.25) is 5.02 Å². The number of nitrogens with one attached hydrogen (secondary N) is 1. The fraction of sp³-hybridized carbons (Fsp3) is 0. The summed E-state index contributed by atoms with van der Waals surface area (Å²) in [5, 5.41) is 9.70. The first-order chi connectivity index (χ1) is 14.6. The van der Waals surface area contributed by atoms with E-state index in [1.165, 1.54) is 11.3 Å². The molecule has 2 N–H and O–H groups in total. The fourth-order valence-electron chi connectivity index (χ4n) is 3.42. The average Bonchev–Trinajstić information content (AvgIpc) is 3.41. The number of hydrogen-bond donors (Lipinski definition) is 2. The van der Waals surface area contributed by atoms with Gasteiger partial charge in [-0.15, -0.1) is 11.3 Å². The van der Waals surface area contributed by atoms with E-state index in [2.05, 4.69) is 29.2 Å². The van der Waals surface area contributed by atoms with Crippen molar-refractivity contribution in [1.82, 2.24) is 9.97 Å². The van der Waals surface area contributed by atoms with Crippen molar-refractivity contribution >= 4 is 39.9 Å². The summed E-state index contributed by atoms with van der Waals surface area (Å²) in [6.07, 6.45) is 0. The van der Waals surface area contributed by atoms with E-state index < -0.39 is 5.97 Å². The second-order valence-corrected chi connectivity index (χ2v) is 8.34. The Morgan fingerprint density at radius 3 is 2.30 bits per heavy atom. The Morgan fingerprint density at radius 2 is 1.60 bits per heavy atom. The lowest BCUT2D eigenvalue weighted by Crippen LogP contribution is -1.89. The Hall–Kier alpha value is -3.41. The molecule has 146 valence electrons. The van der Waals surface area contributed by atoms with Gasteiger partial charge in [0.25, 0.3) is 0 Å². The van der Waals surface area contributed by atoms with Crippen LogP contribution in [-0.4, -0.2) is 21.0 Å². The van der Waals surface area contributed by atoms with Crippen LogP contribution in [0.25, 0.3) is 44.0 Å². The third-order valence-electron chi connectivity index (χ3n) is 4.90. The lowest BCUT2D eigenvalue weighted by molar-refractivity contribution is 0.0702. The second kappa shape index (κ2) is 7.44. The Kier molecular flexibility index (Phi) is 4.62. The highest BCUT2D eigenvalue weighted by Gasteiger charge is 2.14. The summed E-state index contributed by atoms with van der Waals surface area (Å²) in [5.74, 6) is -0.926. The number of H-pyrrole nitrogens is 1. The Bertz CT molecular complexity index is 1370. The zero-order chi connectivity index (χ0) is 20.7. The van der Waals surface area contributed by atoms with Gasteiger partial charge in [-0.2, -0.15) is 0 Å². The number of carbonyl (C=O) groups is 1. The van der Waals surface area contributed by atoms with E-state index in [4.69, 9.17) is 21.7 Å². The van der Waals surface area contributed by atoms with Crippen molar-refractivity contribution in [3.8, 4) is 33.0 Å². The highest BCUT2D eigenvalue weighted by molar-refractivity contribution is 7.17. The first-order valence-corrected chi connectivity index (χ1v) is 10.5. The van der Waals surface area contributed by atoms with Crippen LogP contribution in [0, 0.1) is 0 Å². The third kappa shape index (κ3) is 3.38. The predicted molar refractivity (Wildman–Crippen MR) is 122 cm³/mol. The zero-order valence-corrected chi connectivity index (χ0v) is 17.2. The first kappa shape index (κ1) is 18.6. The van der Waals surface area contributed by atoms with E-state index in [-0.39, 0.29) is 0 Å². The highest BCUT2D eigenvalue weighted by atomic mass is 35.5. The number of halogens is 1. The minimum atomic E-state index is -0.926. The van der Waals surface area contributed by atoms with E-state index in [1.54, 1.807) is 12.1 Å². The average molecular weight is 431 g/mol. The van der Waals surface area contributed by atoms with E-state index in [9.17, 15) is 4.79 Å². The Balaban J connectivity index is 1.52. The number of carboxylic acids is 1. The number of aromatic nitrogens is 2. The van der Waals surface area contributed by atoms with Crippen molar-refractivity contribution in [3.63, 3.8) is 0 Å². The quantitative estimate of drug-likeness (QED) is 0.323. The number of carboxylic acid groups (broad SMARTS) is 1. The van der Waals surface area contributed by atoms with Crippen LogP contribution >= 0.6 is 22.9 Å². The molecule has 0 saturated heterocycles. The molecule has 0 bridgehead atoms. The van der Waals surface area contributed by atoms with Crippen LogP contribution in [-0.2, 0) is 0 Å². The number of hydrogen-bond acceptors (Lipinski definition) is 3. The highest BCUT2D eigenvalue weighted by Crippen LogP contribution is 2.34. The zero-order valence-electron chi connectivity index (χ0n) is 15.6. The number of benzene rings is 2. The Morgan fingerprint density at radius 1 is 0.900 bits per heavy atom. The fourth-order valence-corrected chi connectivity index (χ4v) is 4.49. The van der Waals surface area contributed by atoms with Gasteiger partial charge in [-0.25, -0.2) is 9.78 Å². The minimum Gasteiger partial charge on any atom is -0.477 e. The Labute approximate surface area is 181 Å². The van der Waals surface area contributed by atoms with Gasteiger partial charge in [-0.05, 0) is 35.4 Å². The molecule has 2 aromatic carbocycles. The molecular weight excluding hydrogens is 416 g/mol. The summed E-state index contributed by atoms with van der Waals surface area (Å²) in [6.45, 7) is 0. The molecule has 3 aromatic heterocycles. The predicted octanol–water partition coefficient (Wildman–Crippen LogP) is 6.98. The van der Waals surface area contributed by atoms with Crippen molar-refractivity contribution in [2.75, 3.05) is 0 Å². The molecule has 0 saturated carbocycles. The van der Waals surface area contributed by atoms with Crippen LogP contribution in [0.5, 0.6) is 0 Å². The minimum absolute atomic E-state index is 0.300. The van der Waals surface area contributed by atoms with Crippen molar-refractivity contribution in [2.45, 2.75) is 0 Å². The van der Waals surface area contributed by atoms with E-state index >= 15 is 0 Å². The maximum absolute atomic E-state index is 11.1. The molecule has 0 unspecified atom stereocenters. The molecule has 6 heteroatoms. The van der Waals surface area contributed by atoms with E-state index in [1.807, 2.05) is 42.5 Å². The normalized spacial score (nSPS) is 11.1. The topological polar surface area (TPSA) is 66.0 Å². The van der Waals surface area contributed by atoms with Crippen molar-refractivity contribution in [3.05, 3.63) is 88.8 Å². The maximum Gasteiger partial charge on any atom is 0.345 e. The monoisotopic (exact) mass is 430 g/mol. The lowest BCUT2D eigenvalue weighted by atomic mass is 10.0. The van der Waals surface area contributed by atoms with Crippen LogP contribution in [0.3, 0.4) is 0 Å².